The molecule has 0 fully saturated rings. The standard InChI is InChI=1S/C25H33NO5/c1-25(2,3)24(27)26-11-10-17-14-22(30-6)23(31-7)15-18(17)19(26)12-16-8-9-20(28-4)21(13-16)29-5/h8-9,13-15,19H,10-12H2,1-7H3/t19-/m1/s1. The summed E-state index contributed by atoms with van der Waals surface area (Å²) in [5, 5.41) is 0. The molecule has 0 radical (unpaired) electrons. The second kappa shape index (κ2) is 9.08. The zero-order valence-electron chi connectivity index (χ0n) is 19.6. The zero-order chi connectivity index (χ0) is 22.8. The maximum absolute atomic E-state index is 13.4. The minimum atomic E-state index is -0.468. The lowest BCUT2D eigenvalue weighted by Gasteiger charge is -2.41. The Bertz CT molecular complexity index is 948. The van der Waals surface area contributed by atoms with Crippen LogP contribution in [0.1, 0.15) is 43.5 Å². The van der Waals surface area contributed by atoms with E-state index in [-0.39, 0.29) is 11.9 Å². The highest BCUT2D eigenvalue weighted by Crippen LogP contribution is 2.41. The quantitative estimate of drug-likeness (QED) is 0.682. The van der Waals surface area contributed by atoms with Gasteiger partial charge in [0.15, 0.2) is 23.0 Å². The van der Waals surface area contributed by atoms with Crippen LogP contribution in [-0.4, -0.2) is 45.8 Å². The van der Waals surface area contributed by atoms with Crippen molar-refractivity contribution in [2.75, 3.05) is 35.0 Å². The third-order valence-corrected chi connectivity index (χ3v) is 5.78. The molecule has 1 aliphatic rings. The SMILES string of the molecule is COc1ccc(C[C@@H]2c3cc(OC)c(OC)cc3CCN2C(=O)C(C)(C)C)cc1OC. The van der Waals surface area contributed by atoms with Crippen molar-refractivity contribution in [2.45, 2.75) is 39.7 Å². The number of fused-ring (bicyclic) bond motifs is 1. The van der Waals surface area contributed by atoms with Crippen LogP contribution < -0.4 is 18.9 Å². The fraction of sp³-hybridized carbons (Fsp3) is 0.480. The molecule has 3 rings (SSSR count). The van der Waals surface area contributed by atoms with Crippen molar-refractivity contribution >= 4 is 5.91 Å². The summed E-state index contributed by atoms with van der Waals surface area (Å²) in [6, 6.07) is 9.84. The molecule has 0 unspecified atom stereocenters. The highest BCUT2D eigenvalue weighted by Gasteiger charge is 2.36. The van der Waals surface area contributed by atoms with Gasteiger partial charge in [0.2, 0.25) is 5.91 Å². The number of ether oxygens (including phenoxy) is 4. The lowest BCUT2D eigenvalue weighted by molar-refractivity contribution is -0.142. The predicted octanol–water partition coefficient (Wildman–Crippen LogP) is 4.44. The Morgan fingerprint density at radius 3 is 2.06 bits per heavy atom. The van der Waals surface area contributed by atoms with Gasteiger partial charge >= 0.3 is 0 Å². The minimum absolute atomic E-state index is 0.117. The average Bonchev–Trinajstić information content (AvgIpc) is 2.77. The first-order valence-electron chi connectivity index (χ1n) is 10.5. The Hall–Kier alpha value is -2.89. The van der Waals surface area contributed by atoms with Crippen molar-refractivity contribution in [2.24, 2.45) is 5.41 Å². The minimum Gasteiger partial charge on any atom is -0.493 e. The van der Waals surface area contributed by atoms with Crippen molar-refractivity contribution in [3.8, 4) is 23.0 Å². The topological polar surface area (TPSA) is 57.2 Å². The number of nitrogens with zero attached hydrogens (tertiary/aromatic N) is 1. The van der Waals surface area contributed by atoms with Crippen LogP contribution in [0.25, 0.3) is 0 Å². The molecule has 6 nitrogen and oxygen atoms in total. The highest BCUT2D eigenvalue weighted by molar-refractivity contribution is 5.82. The highest BCUT2D eigenvalue weighted by atomic mass is 16.5. The monoisotopic (exact) mass is 427 g/mol. The molecular formula is C25H33NO5. The van der Waals surface area contributed by atoms with Crippen molar-refractivity contribution in [3.63, 3.8) is 0 Å². The van der Waals surface area contributed by atoms with E-state index < -0.39 is 5.41 Å². The molecule has 0 bridgehead atoms. The maximum Gasteiger partial charge on any atom is 0.228 e. The van der Waals surface area contributed by atoms with Crippen molar-refractivity contribution in [1.82, 2.24) is 4.90 Å². The summed E-state index contributed by atoms with van der Waals surface area (Å²) in [7, 11) is 6.53. The van der Waals surface area contributed by atoms with Crippen LogP contribution in [0.5, 0.6) is 23.0 Å². The largest absolute Gasteiger partial charge is 0.493 e. The third kappa shape index (κ3) is 4.58. The van der Waals surface area contributed by atoms with Crippen molar-refractivity contribution < 1.29 is 23.7 Å². The van der Waals surface area contributed by atoms with Crippen LogP contribution in [0.3, 0.4) is 0 Å². The second-order valence-electron chi connectivity index (χ2n) is 8.81. The number of carbonyl (C=O) groups excluding carboxylic acids is 1. The van der Waals surface area contributed by atoms with Gasteiger partial charge in [-0.1, -0.05) is 26.8 Å². The van der Waals surface area contributed by atoms with E-state index in [1.165, 1.54) is 5.56 Å². The molecule has 1 amide bonds. The molecule has 31 heavy (non-hydrogen) atoms. The lowest BCUT2D eigenvalue weighted by Crippen LogP contribution is -2.46. The molecule has 168 valence electrons. The van der Waals surface area contributed by atoms with Crippen LogP contribution in [0.4, 0.5) is 0 Å². The van der Waals surface area contributed by atoms with Gasteiger partial charge in [0.1, 0.15) is 0 Å². The number of carbonyl (C=O) groups is 1. The van der Waals surface area contributed by atoms with E-state index in [0.29, 0.717) is 36.0 Å². The van der Waals surface area contributed by atoms with Gasteiger partial charge in [0.25, 0.3) is 0 Å². The lowest BCUT2D eigenvalue weighted by atomic mass is 9.85. The summed E-state index contributed by atoms with van der Waals surface area (Å²) in [6.07, 6.45) is 1.44. The summed E-state index contributed by atoms with van der Waals surface area (Å²) in [5.41, 5.74) is 2.87. The fourth-order valence-electron chi connectivity index (χ4n) is 4.15. The van der Waals surface area contributed by atoms with Gasteiger partial charge in [0.05, 0.1) is 34.5 Å². The smallest absolute Gasteiger partial charge is 0.228 e. The molecule has 2 aromatic carbocycles. The molecular weight excluding hydrogens is 394 g/mol. The molecule has 2 aromatic rings. The molecule has 0 aromatic heterocycles. The van der Waals surface area contributed by atoms with Gasteiger partial charge < -0.3 is 23.8 Å². The van der Waals surface area contributed by atoms with E-state index >= 15 is 0 Å². The van der Waals surface area contributed by atoms with Crippen LogP contribution in [-0.2, 0) is 17.6 Å². The Morgan fingerprint density at radius 1 is 0.903 bits per heavy atom. The Kier molecular flexibility index (Phi) is 6.68. The van der Waals surface area contributed by atoms with Crippen molar-refractivity contribution in [1.29, 1.82) is 0 Å². The Morgan fingerprint density at radius 2 is 1.48 bits per heavy atom. The normalized spacial score (nSPS) is 15.8. The van der Waals surface area contributed by atoms with E-state index in [2.05, 4.69) is 0 Å². The number of hydrogen-bond acceptors (Lipinski definition) is 5. The molecule has 1 aliphatic heterocycles. The molecule has 0 saturated heterocycles. The van der Waals surface area contributed by atoms with Gasteiger partial charge in [-0.3, -0.25) is 4.79 Å². The van der Waals surface area contributed by atoms with E-state index in [0.717, 1.165) is 17.5 Å². The summed E-state index contributed by atoms with van der Waals surface area (Å²) in [4.78, 5) is 15.4. The summed E-state index contributed by atoms with van der Waals surface area (Å²) >= 11 is 0. The Balaban J connectivity index is 2.08. The number of benzene rings is 2. The van der Waals surface area contributed by atoms with Crippen LogP contribution in [0.15, 0.2) is 30.3 Å². The van der Waals surface area contributed by atoms with E-state index in [4.69, 9.17) is 18.9 Å². The predicted molar refractivity (Wildman–Crippen MR) is 120 cm³/mol. The first-order chi connectivity index (χ1) is 14.7. The second-order valence-corrected chi connectivity index (χ2v) is 8.81. The average molecular weight is 428 g/mol. The van der Waals surface area contributed by atoms with Crippen LogP contribution in [0.2, 0.25) is 0 Å². The molecule has 0 spiro atoms. The van der Waals surface area contributed by atoms with Crippen LogP contribution >= 0.6 is 0 Å². The van der Waals surface area contributed by atoms with E-state index in [1.54, 1.807) is 28.4 Å². The molecule has 1 atom stereocenters. The first-order valence-corrected chi connectivity index (χ1v) is 10.5. The number of hydrogen-bond donors (Lipinski definition) is 0. The number of methoxy groups -OCH3 is 4. The maximum atomic E-state index is 13.4. The molecule has 0 aliphatic carbocycles. The van der Waals surface area contributed by atoms with Gasteiger partial charge in [-0.05, 0) is 53.8 Å². The summed E-state index contributed by atoms with van der Waals surface area (Å²) < 4.78 is 21.9. The van der Waals surface area contributed by atoms with Crippen molar-refractivity contribution in [3.05, 3.63) is 47.0 Å². The van der Waals surface area contributed by atoms with Gasteiger partial charge in [-0.2, -0.15) is 0 Å². The van der Waals surface area contributed by atoms with Gasteiger partial charge in [0, 0.05) is 12.0 Å². The van der Waals surface area contributed by atoms with E-state index in [9.17, 15) is 4.79 Å². The summed E-state index contributed by atoms with van der Waals surface area (Å²) in [5.74, 6) is 2.88. The van der Waals surface area contributed by atoms with Gasteiger partial charge in [-0.15, -0.1) is 0 Å². The zero-order valence-corrected chi connectivity index (χ0v) is 19.6. The number of rotatable bonds is 6. The number of amides is 1. The Labute approximate surface area is 185 Å². The van der Waals surface area contributed by atoms with Gasteiger partial charge in [-0.25, -0.2) is 0 Å². The summed E-state index contributed by atoms with van der Waals surface area (Å²) in [6.45, 7) is 6.56. The third-order valence-electron chi connectivity index (χ3n) is 5.78. The molecule has 1 heterocycles. The molecule has 0 saturated carbocycles. The molecule has 0 N–H and O–H groups in total. The molecule has 6 heteroatoms. The van der Waals surface area contributed by atoms with E-state index in [1.807, 2.05) is 56.0 Å². The fourth-order valence-corrected chi connectivity index (χ4v) is 4.15. The first kappa shape index (κ1) is 22.8. The van der Waals surface area contributed by atoms with Crippen LogP contribution in [0, 0.1) is 5.41 Å².